The molecule has 1 aliphatic rings. The third-order valence-electron chi connectivity index (χ3n) is 2.48. The molecule has 0 aliphatic carbocycles. The SMILES string of the molecule is CC(C)N1CCOC[C@H](CC#N)C1. The highest BCUT2D eigenvalue weighted by molar-refractivity contribution is 4.80. The molecule has 0 aromatic rings. The van der Waals surface area contributed by atoms with Crippen LogP contribution in [0.2, 0.25) is 0 Å². The summed E-state index contributed by atoms with van der Waals surface area (Å²) in [4.78, 5) is 2.38. The zero-order chi connectivity index (χ0) is 9.68. The monoisotopic (exact) mass is 182 g/mol. The summed E-state index contributed by atoms with van der Waals surface area (Å²) in [6.07, 6.45) is 0.614. The first-order chi connectivity index (χ1) is 6.24. The minimum atomic E-state index is 0.398. The second-order valence-corrected chi connectivity index (χ2v) is 3.89. The summed E-state index contributed by atoms with van der Waals surface area (Å²) < 4.78 is 5.45. The predicted octanol–water partition coefficient (Wildman–Crippen LogP) is 1.26. The van der Waals surface area contributed by atoms with Crippen LogP contribution in [0.1, 0.15) is 20.3 Å². The topological polar surface area (TPSA) is 36.3 Å². The van der Waals surface area contributed by atoms with Gasteiger partial charge in [-0.2, -0.15) is 5.26 Å². The van der Waals surface area contributed by atoms with Gasteiger partial charge in [-0.05, 0) is 13.8 Å². The van der Waals surface area contributed by atoms with Crippen molar-refractivity contribution in [1.29, 1.82) is 5.26 Å². The Morgan fingerprint density at radius 1 is 1.62 bits per heavy atom. The molecule has 1 rings (SSSR count). The van der Waals surface area contributed by atoms with Crippen LogP contribution in [0.3, 0.4) is 0 Å². The Morgan fingerprint density at radius 3 is 3.00 bits per heavy atom. The summed E-state index contributed by atoms with van der Waals surface area (Å²) in [7, 11) is 0. The van der Waals surface area contributed by atoms with Crippen molar-refractivity contribution >= 4 is 0 Å². The van der Waals surface area contributed by atoms with E-state index < -0.39 is 0 Å². The van der Waals surface area contributed by atoms with Crippen molar-refractivity contribution in [3.8, 4) is 6.07 Å². The van der Waals surface area contributed by atoms with E-state index >= 15 is 0 Å². The molecule has 0 saturated carbocycles. The number of nitrogens with zero attached hydrogens (tertiary/aromatic N) is 2. The first kappa shape index (κ1) is 10.5. The fourth-order valence-electron chi connectivity index (χ4n) is 1.63. The molecule has 1 heterocycles. The zero-order valence-electron chi connectivity index (χ0n) is 8.49. The Kier molecular flexibility index (Phi) is 4.20. The van der Waals surface area contributed by atoms with E-state index in [0.29, 0.717) is 18.4 Å². The number of hydrogen-bond donors (Lipinski definition) is 0. The summed E-state index contributed by atoms with van der Waals surface area (Å²) in [5, 5.41) is 8.61. The summed E-state index contributed by atoms with van der Waals surface area (Å²) >= 11 is 0. The van der Waals surface area contributed by atoms with E-state index in [0.717, 1.165) is 26.3 Å². The minimum absolute atomic E-state index is 0.398. The second kappa shape index (κ2) is 5.21. The van der Waals surface area contributed by atoms with Gasteiger partial charge in [0, 0.05) is 31.5 Å². The maximum Gasteiger partial charge on any atom is 0.0626 e. The Labute approximate surface area is 80.3 Å². The third kappa shape index (κ3) is 3.33. The first-order valence-corrected chi connectivity index (χ1v) is 4.92. The van der Waals surface area contributed by atoms with E-state index in [2.05, 4.69) is 24.8 Å². The van der Waals surface area contributed by atoms with Crippen LogP contribution in [-0.2, 0) is 4.74 Å². The van der Waals surface area contributed by atoms with E-state index in [4.69, 9.17) is 10.00 Å². The van der Waals surface area contributed by atoms with Crippen molar-refractivity contribution in [2.24, 2.45) is 5.92 Å². The van der Waals surface area contributed by atoms with Crippen LogP contribution in [0.4, 0.5) is 0 Å². The van der Waals surface area contributed by atoms with Crippen LogP contribution in [0, 0.1) is 17.2 Å². The van der Waals surface area contributed by atoms with Gasteiger partial charge in [0.1, 0.15) is 0 Å². The molecule has 3 heteroatoms. The lowest BCUT2D eigenvalue weighted by molar-refractivity contribution is 0.121. The number of nitriles is 1. The predicted molar refractivity (Wildman–Crippen MR) is 51.2 cm³/mol. The lowest BCUT2D eigenvalue weighted by Crippen LogP contribution is -2.35. The highest BCUT2D eigenvalue weighted by Gasteiger charge is 2.19. The fraction of sp³-hybridized carbons (Fsp3) is 0.900. The van der Waals surface area contributed by atoms with Crippen LogP contribution in [0.25, 0.3) is 0 Å². The normalized spacial score (nSPS) is 25.5. The highest BCUT2D eigenvalue weighted by atomic mass is 16.5. The molecular weight excluding hydrogens is 164 g/mol. The Balaban J connectivity index is 2.45. The molecule has 0 N–H and O–H groups in total. The second-order valence-electron chi connectivity index (χ2n) is 3.89. The molecule has 74 valence electrons. The number of ether oxygens (including phenoxy) is 1. The van der Waals surface area contributed by atoms with E-state index in [1.807, 2.05) is 0 Å². The molecule has 1 fully saturated rings. The van der Waals surface area contributed by atoms with Crippen LogP contribution in [0.15, 0.2) is 0 Å². The Morgan fingerprint density at radius 2 is 2.38 bits per heavy atom. The van der Waals surface area contributed by atoms with Gasteiger partial charge in [0.25, 0.3) is 0 Å². The van der Waals surface area contributed by atoms with E-state index in [1.165, 1.54) is 0 Å². The molecule has 0 unspecified atom stereocenters. The summed E-state index contributed by atoms with van der Waals surface area (Å²) in [6.45, 7) is 7.94. The Hall–Kier alpha value is -0.590. The zero-order valence-corrected chi connectivity index (χ0v) is 8.49. The maximum atomic E-state index is 8.61. The van der Waals surface area contributed by atoms with Gasteiger partial charge in [0.2, 0.25) is 0 Å². The van der Waals surface area contributed by atoms with Gasteiger partial charge in [-0.3, -0.25) is 4.90 Å². The molecule has 13 heavy (non-hydrogen) atoms. The average molecular weight is 182 g/mol. The van der Waals surface area contributed by atoms with Crippen molar-refractivity contribution in [3.05, 3.63) is 0 Å². The number of hydrogen-bond acceptors (Lipinski definition) is 3. The van der Waals surface area contributed by atoms with Crippen molar-refractivity contribution in [1.82, 2.24) is 4.90 Å². The van der Waals surface area contributed by atoms with Gasteiger partial charge in [-0.15, -0.1) is 0 Å². The van der Waals surface area contributed by atoms with Gasteiger partial charge < -0.3 is 4.74 Å². The first-order valence-electron chi connectivity index (χ1n) is 4.92. The average Bonchev–Trinajstić information content (AvgIpc) is 2.30. The minimum Gasteiger partial charge on any atom is -0.380 e. The van der Waals surface area contributed by atoms with Gasteiger partial charge in [-0.1, -0.05) is 0 Å². The van der Waals surface area contributed by atoms with E-state index in [9.17, 15) is 0 Å². The van der Waals surface area contributed by atoms with Gasteiger partial charge in [0.05, 0.1) is 19.3 Å². The standard InChI is InChI=1S/C10H18N2O/c1-9(2)12-5-6-13-8-10(7-12)3-4-11/h9-10H,3,5-8H2,1-2H3/t10-/m1/s1. The van der Waals surface area contributed by atoms with Gasteiger partial charge in [0.15, 0.2) is 0 Å². The van der Waals surface area contributed by atoms with E-state index in [-0.39, 0.29) is 0 Å². The largest absolute Gasteiger partial charge is 0.380 e. The Bertz CT molecular complexity index is 186. The molecule has 0 spiro atoms. The molecule has 1 aliphatic heterocycles. The van der Waals surface area contributed by atoms with Crippen molar-refractivity contribution < 1.29 is 4.74 Å². The molecule has 1 saturated heterocycles. The highest BCUT2D eigenvalue weighted by Crippen LogP contribution is 2.12. The smallest absolute Gasteiger partial charge is 0.0626 e. The molecule has 3 nitrogen and oxygen atoms in total. The van der Waals surface area contributed by atoms with Crippen LogP contribution >= 0.6 is 0 Å². The molecule has 0 aromatic carbocycles. The molecular formula is C10H18N2O. The summed E-state index contributed by atoms with van der Waals surface area (Å²) in [6, 6.07) is 2.78. The fourth-order valence-corrected chi connectivity index (χ4v) is 1.63. The molecule has 0 bridgehead atoms. The molecule has 0 amide bonds. The summed E-state index contributed by atoms with van der Waals surface area (Å²) in [5.74, 6) is 0.398. The van der Waals surface area contributed by atoms with Crippen LogP contribution < -0.4 is 0 Å². The quantitative estimate of drug-likeness (QED) is 0.645. The van der Waals surface area contributed by atoms with Crippen LogP contribution in [0.5, 0.6) is 0 Å². The van der Waals surface area contributed by atoms with Crippen LogP contribution in [-0.4, -0.2) is 37.2 Å². The van der Waals surface area contributed by atoms with Gasteiger partial charge in [-0.25, -0.2) is 0 Å². The van der Waals surface area contributed by atoms with Crippen molar-refractivity contribution in [3.63, 3.8) is 0 Å². The summed E-state index contributed by atoms with van der Waals surface area (Å²) in [5.41, 5.74) is 0. The molecule has 0 radical (unpaired) electrons. The molecule has 0 aromatic heterocycles. The third-order valence-corrected chi connectivity index (χ3v) is 2.48. The lowest BCUT2D eigenvalue weighted by atomic mass is 10.1. The van der Waals surface area contributed by atoms with E-state index in [1.54, 1.807) is 0 Å². The van der Waals surface area contributed by atoms with Gasteiger partial charge >= 0.3 is 0 Å². The molecule has 1 atom stereocenters. The number of rotatable bonds is 2. The lowest BCUT2D eigenvalue weighted by Gasteiger charge is -2.25. The van der Waals surface area contributed by atoms with Crippen molar-refractivity contribution in [2.75, 3.05) is 26.3 Å². The maximum absolute atomic E-state index is 8.61. The van der Waals surface area contributed by atoms with Crippen molar-refractivity contribution in [2.45, 2.75) is 26.3 Å².